The minimum absolute atomic E-state index is 0.867. The first-order valence-corrected chi connectivity index (χ1v) is 13.9. The van der Waals surface area contributed by atoms with Gasteiger partial charge in [-0.25, -0.2) is 0 Å². The van der Waals surface area contributed by atoms with Crippen molar-refractivity contribution in [3.8, 4) is 0 Å². The molecule has 2 aromatic rings. The molecule has 1 aliphatic rings. The van der Waals surface area contributed by atoms with Crippen molar-refractivity contribution < 1.29 is 11.9 Å². The first-order valence-electron chi connectivity index (χ1n) is 7.38. The standard InChI is InChI=1S/C17H18N2.CH2.2ClH.Ru/c1-14-7-3-5-9-16(14)18-11-12-19(13-18)17-10-6-4-8-15(17)2;;;;/h3-10H,11-12H2,1-2H3;1H2;2*1H;/q;;;;+2/p-2. The van der Waals surface area contributed by atoms with Crippen molar-refractivity contribution in [1.82, 2.24) is 0 Å². The molecule has 0 atom stereocenters. The Hall–Kier alpha value is -1.02. The summed E-state index contributed by atoms with van der Waals surface area (Å²) in [7, 11) is 13.3. The maximum absolute atomic E-state index is 6.64. The number of aryl methyl sites for hydroxylation is 2. The second-order valence-electron chi connectivity index (χ2n) is 5.63. The molecule has 0 aromatic heterocycles. The van der Waals surface area contributed by atoms with Gasteiger partial charge in [-0.3, -0.25) is 0 Å². The Morgan fingerprint density at radius 3 is 1.57 bits per heavy atom. The molecule has 1 saturated heterocycles. The van der Waals surface area contributed by atoms with E-state index in [0.717, 1.165) is 28.8 Å². The molecule has 0 N–H and O–H groups in total. The van der Waals surface area contributed by atoms with Crippen LogP contribution in [0.4, 0.5) is 11.4 Å². The fourth-order valence-corrected chi connectivity index (χ4v) is 6.86. The molecule has 2 aromatic carbocycles. The number of rotatable bonds is 2. The van der Waals surface area contributed by atoms with Gasteiger partial charge in [0.1, 0.15) is 0 Å². The van der Waals surface area contributed by atoms with E-state index in [-0.39, 0.29) is 0 Å². The zero-order valence-electron chi connectivity index (χ0n) is 13.2. The minimum atomic E-state index is -3.15. The van der Waals surface area contributed by atoms with Crippen LogP contribution >= 0.6 is 19.4 Å². The van der Waals surface area contributed by atoms with Crippen LogP contribution in [0.25, 0.3) is 0 Å². The van der Waals surface area contributed by atoms with Crippen molar-refractivity contribution in [2.75, 3.05) is 22.9 Å². The van der Waals surface area contributed by atoms with Crippen LogP contribution < -0.4 is 9.80 Å². The summed E-state index contributed by atoms with van der Waals surface area (Å²) in [5, 5.41) is 4.14. The number of hydrogen-bond acceptors (Lipinski definition) is 2. The molecule has 0 amide bonds. The van der Waals surface area contributed by atoms with Gasteiger partial charge in [-0.1, -0.05) is 0 Å². The zero-order chi connectivity index (χ0) is 16.6. The summed E-state index contributed by atoms with van der Waals surface area (Å²) in [6, 6.07) is 16.7. The van der Waals surface area contributed by atoms with E-state index in [0.29, 0.717) is 0 Å². The fourth-order valence-electron chi connectivity index (χ4n) is 2.97. The SMILES string of the molecule is [CH2]=[Ru]([Cl])([Cl])=[C]1N(c2ccccc2C)CCN1c1ccccc1C. The molecule has 1 aliphatic heterocycles. The fraction of sp³-hybridized carbons (Fsp3) is 0.222. The molecule has 0 bridgehead atoms. The van der Waals surface area contributed by atoms with Gasteiger partial charge in [-0.2, -0.15) is 0 Å². The Bertz CT molecular complexity index is 790. The van der Waals surface area contributed by atoms with Gasteiger partial charge >= 0.3 is 149 Å². The maximum atomic E-state index is 6.64. The third kappa shape index (κ3) is 3.28. The molecule has 1 heterocycles. The molecule has 0 spiro atoms. The van der Waals surface area contributed by atoms with E-state index in [4.69, 9.17) is 19.4 Å². The van der Waals surface area contributed by atoms with E-state index in [9.17, 15) is 0 Å². The van der Waals surface area contributed by atoms with Crippen molar-refractivity contribution >= 4 is 40.2 Å². The molecule has 0 saturated carbocycles. The summed E-state index contributed by atoms with van der Waals surface area (Å²) >= 11 is -3.15. The third-order valence-electron chi connectivity index (χ3n) is 4.02. The monoisotopic (exact) mass is 436 g/mol. The molecular weight excluding hydrogens is 416 g/mol. The van der Waals surface area contributed by atoms with Crippen LogP contribution in [-0.2, 0) is 11.9 Å². The Balaban J connectivity index is 2.15. The molecule has 1 fully saturated rings. The van der Waals surface area contributed by atoms with Crippen LogP contribution in [0, 0.1) is 13.8 Å². The van der Waals surface area contributed by atoms with E-state index in [1.807, 2.05) is 12.1 Å². The van der Waals surface area contributed by atoms with Crippen molar-refractivity contribution in [2.24, 2.45) is 0 Å². The van der Waals surface area contributed by atoms with Gasteiger partial charge in [0.05, 0.1) is 0 Å². The zero-order valence-corrected chi connectivity index (χ0v) is 16.5. The summed E-state index contributed by atoms with van der Waals surface area (Å²) in [5.74, 6) is 0. The van der Waals surface area contributed by atoms with Crippen molar-refractivity contribution in [3.05, 3.63) is 59.7 Å². The number of hydrogen-bond donors (Lipinski definition) is 0. The first-order chi connectivity index (χ1) is 10.9. The Labute approximate surface area is 148 Å². The number of nitrogens with zero attached hydrogens (tertiary/aromatic N) is 2. The molecule has 23 heavy (non-hydrogen) atoms. The normalized spacial score (nSPS) is 16.1. The molecule has 3 rings (SSSR count). The van der Waals surface area contributed by atoms with Gasteiger partial charge in [-0.15, -0.1) is 0 Å². The second-order valence-corrected chi connectivity index (χ2v) is 15.1. The molecule has 0 radical (unpaired) electrons. The van der Waals surface area contributed by atoms with Crippen molar-refractivity contribution in [3.63, 3.8) is 0 Å². The average molecular weight is 436 g/mol. The predicted octanol–water partition coefficient (Wildman–Crippen LogP) is 4.61. The summed E-state index contributed by atoms with van der Waals surface area (Å²) in [6.07, 6.45) is 0. The van der Waals surface area contributed by atoms with Gasteiger partial charge in [-0.05, 0) is 0 Å². The summed E-state index contributed by atoms with van der Waals surface area (Å²) in [4.78, 5) is 4.50. The van der Waals surface area contributed by atoms with Crippen LogP contribution in [0.1, 0.15) is 11.1 Å². The Kier molecular flexibility index (Phi) is 4.73. The topological polar surface area (TPSA) is 6.48 Å². The third-order valence-corrected chi connectivity index (χ3v) is 7.51. The van der Waals surface area contributed by atoms with E-state index in [1.165, 1.54) is 11.1 Å². The van der Waals surface area contributed by atoms with E-state index < -0.39 is 11.9 Å². The molecule has 2 nitrogen and oxygen atoms in total. The second kappa shape index (κ2) is 6.47. The summed E-state index contributed by atoms with van der Waals surface area (Å²) in [5.41, 5.74) is 4.75. The van der Waals surface area contributed by atoms with Gasteiger partial charge in [0.15, 0.2) is 0 Å². The van der Waals surface area contributed by atoms with Gasteiger partial charge in [0.25, 0.3) is 0 Å². The molecule has 0 aliphatic carbocycles. The predicted molar refractivity (Wildman–Crippen MR) is 101 cm³/mol. The number of benzene rings is 2. The summed E-state index contributed by atoms with van der Waals surface area (Å²) < 4.78 is 0.980. The molecule has 124 valence electrons. The molecule has 0 unspecified atom stereocenters. The van der Waals surface area contributed by atoms with E-state index >= 15 is 0 Å². The van der Waals surface area contributed by atoms with Crippen LogP contribution in [0.2, 0.25) is 0 Å². The van der Waals surface area contributed by atoms with Gasteiger partial charge in [0.2, 0.25) is 0 Å². The number of halogens is 2. The Morgan fingerprint density at radius 1 is 0.826 bits per heavy atom. The average Bonchev–Trinajstić information content (AvgIpc) is 2.93. The van der Waals surface area contributed by atoms with Gasteiger partial charge in [0, 0.05) is 0 Å². The van der Waals surface area contributed by atoms with Crippen LogP contribution in [-0.4, -0.2) is 22.6 Å². The Morgan fingerprint density at radius 2 is 1.22 bits per heavy atom. The molecular formula is C18H20Cl2N2Ru. The van der Waals surface area contributed by atoms with Crippen LogP contribution in [0.3, 0.4) is 0 Å². The van der Waals surface area contributed by atoms with Crippen molar-refractivity contribution in [2.45, 2.75) is 13.8 Å². The van der Waals surface area contributed by atoms with E-state index in [1.54, 1.807) is 0 Å². The van der Waals surface area contributed by atoms with E-state index in [2.05, 4.69) is 65.2 Å². The molecule has 5 heteroatoms. The van der Waals surface area contributed by atoms with Crippen LogP contribution in [0.15, 0.2) is 48.5 Å². The number of para-hydroxylation sites is 2. The van der Waals surface area contributed by atoms with Crippen molar-refractivity contribution in [1.29, 1.82) is 0 Å². The first kappa shape index (κ1) is 16.8. The van der Waals surface area contributed by atoms with Gasteiger partial charge < -0.3 is 0 Å². The quantitative estimate of drug-likeness (QED) is 0.635. The summed E-state index contributed by atoms with van der Waals surface area (Å²) in [6.45, 7) is 5.96. The van der Waals surface area contributed by atoms with Crippen LogP contribution in [0.5, 0.6) is 0 Å². The number of anilines is 2.